The summed E-state index contributed by atoms with van der Waals surface area (Å²) in [5.74, 6) is 0. The number of rotatable bonds is 3. The van der Waals surface area contributed by atoms with Gasteiger partial charge in [0.15, 0.2) is 0 Å². The van der Waals surface area contributed by atoms with Crippen LogP contribution in [0.15, 0.2) is 42.6 Å². The highest BCUT2D eigenvalue weighted by Gasteiger charge is 2.35. The minimum Gasteiger partial charge on any atom is -0.367 e. The topological polar surface area (TPSA) is 19.4 Å². The maximum absolute atomic E-state index is 13.2. The molecule has 0 spiro atoms. The van der Waals surface area contributed by atoms with Crippen molar-refractivity contribution in [3.63, 3.8) is 0 Å². The number of alkyl halides is 3. The highest BCUT2D eigenvalue weighted by atomic mass is 32.1. The summed E-state index contributed by atoms with van der Waals surface area (Å²) in [5, 5.41) is 0. The molecule has 0 amide bonds. The standard InChI is InChI=1S/C19H20F3N3S/c1-14-6-7-23-15(12-14)13-18(26)25-10-8-24(9-11-25)17-5-3-2-4-16(17)19(20,21)22/h2-7,12H,8-11,13H2,1H3. The third-order valence-corrected chi connectivity index (χ3v) is 4.89. The van der Waals surface area contributed by atoms with E-state index in [1.54, 1.807) is 17.2 Å². The molecule has 1 aromatic heterocycles. The van der Waals surface area contributed by atoms with Crippen LogP contribution in [0.5, 0.6) is 0 Å². The third kappa shape index (κ3) is 4.33. The van der Waals surface area contributed by atoms with Crippen LogP contribution in [0.3, 0.4) is 0 Å². The van der Waals surface area contributed by atoms with Crippen molar-refractivity contribution in [2.45, 2.75) is 19.5 Å². The fourth-order valence-corrected chi connectivity index (χ4v) is 3.48. The second-order valence-corrected chi connectivity index (χ2v) is 6.86. The van der Waals surface area contributed by atoms with Gasteiger partial charge in [-0.15, -0.1) is 0 Å². The van der Waals surface area contributed by atoms with Crippen LogP contribution in [-0.2, 0) is 12.6 Å². The van der Waals surface area contributed by atoms with E-state index in [1.165, 1.54) is 12.1 Å². The maximum Gasteiger partial charge on any atom is 0.418 e. The van der Waals surface area contributed by atoms with E-state index in [1.807, 2.05) is 19.1 Å². The molecule has 138 valence electrons. The van der Waals surface area contributed by atoms with Gasteiger partial charge in [0.05, 0.1) is 10.6 Å². The Labute approximate surface area is 156 Å². The third-order valence-electron chi connectivity index (χ3n) is 4.49. The lowest BCUT2D eigenvalue weighted by molar-refractivity contribution is -0.137. The zero-order valence-corrected chi connectivity index (χ0v) is 15.3. The molecule has 2 aromatic rings. The summed E-state index contributed by atoms with van der Waals surface area (Å²) in [5.41, 5.74) is 1.71. The Morgan fingerprint density at radius 2 is 1.81 bits per heavy atom. The zero-order valence-electron chi connectivity index (χ0n) is 14.5. The van der Waals surface area contributed by atoms with E-state index in [9.17, 15) is 13.2 Å². The first-order valence-electron chi connectivity index (χ1n) is 8.45. The van der Waals surface area contributed by atoms with Crippen molar-refractivity contribution in [1.29, 1.82) is 0 Å². The van der Waals surface area contributed by atoms with Gasteiger partial charge in [0.1, 0.15) is 0 Å². The summed E-state index contributed by atoms with van der Waals surface area (Å²) in [7, 11) is 0. The predicted molar refractivity (Wildman–Crippen MR) is 101 cm³/mol. The van der Waals surface area contributed by atoms with Crippen LogP contribution >= 0.6 is 12.2 Å². The molecule has 1 aliphatic heterocycles. The highest BCUT2D eigenvalue weighted by Crippen LogP contribution is 2.36. The van der Waals surface area contributed by atoms with Crippen molar-refractivity contribution in [1.82, 2.24) is 9.88 Å². The lowest BCUT2D eigenvalue weighted by atomic mass is 10.1. The number of thiocarbonyl (C=S) groups is 1. The molecule has 3 nitrogen and oxygen atoms in total. The van der Waals surface area contributed by atoms with Gasteiger partial charge >= 0.3 is 6.18 Å². The Bertz CT molecular complexity index is 784. The van der Waals surface area contributed by atoms with Crippen LogP contribution < -0.4 is 4.90 Å². The number of piperazine rings is 1. The van der Waals surface area contributed by atoms with Gasteiger partial charge in [-0.25, -0.2) is 0 Å². The van der Waals surface area contributed by atoms with E-state index < -0.39 is 11.7 Å². The van der Waals surface area contributed by atoms with Gasteiger partial charge in [0.25, 0.3) is 0 Å². The Balaban J connectivity index is 1.64. The molecule has 0 atom stereocenters. The first-order valence-corrected chi connectivity index (χ1v) is 8.86. The summed E-state index contributed by atoms with van der Waals surface area (Å²) < 4.78 is 39.7. The molecular formula is C19H20F3N3S. The number of para-hydroxylation sites is 1. The van der Waals surface area contributed by atoms with E-state index in [-0.39, 0.29) is 5.69 Å². The quantitative estimate of drug-likeness (QED) is 0.748. The molecule has 3 rings (SSSR count). The molecule has 0 saturated carbocycles. The van der Waals surface area contributed by atoms with E-state index in [0.717, 1.165) is 22.3 Å². The lowest BCUT2D eigenvalue weighted by Crippen LogP contribution is -2.49. The molecule has 1 aliphatic rings. The summed E-state index contributed by atoms with van der Waals surface area (Å²) in [6.45, 7) is 4.24. The molecule has 2 heterocycles. The number of aryl methyl sites for hydroxylation is 1. The number of benzene rings is 1. The van der Waals surface area contributed by atoms with Crippen molar-refractivity contribution in [3.05, 3.63) is 59.4 Å². The number of anilines is 1. The number of halogens is 3. The van der Waals surface area contributed by atoms with Crippen molar-refractivity contribution in [3.8, 4) is 0 Å². The van der Waals surface area contributed by atoms with Crippen LogP contribution in [0.1, 0.15) is 16.8 Å². The summed E-state index contributed by atoms with van der Waals surface area (Å²) >= 11 is 5.53. The second-order valence-electron chi connectivity index (χ2n) is 6.38. The second kappa shape index (κ2) is 7.61. The fourth-order valence-electron chi connectivity index (χ4n) is 3.15. The van der Waals surface area contributed by atoms with Crippen molar-refractivity contribution in [2.24, 2.45) is 0 Å². The molecule has 1 aromatic carbocycles. The molecule has 0 radical (unpaired) electrons. The summed E-state index contributed by atoms with van der Waals surface area (Å²) in [4.78, 5) is 8.96. The number of nitrogens with zero attached hydrogens (tertiary/aromatic N) is 3. The Kier molecular flexibility index (Phi) is 5.46. The Hall–Kier alpha value is -2.15. The molecule has 7 heteroatoms. The monoisotopic (exact) mass is 379 g/mol. The average Bonchev–Trinajstić information content (AvgIpc) is 2.61. The van der Waals surface area contributed by atoms with Crippen molar-refractivity contribution < 1.29 is 13.2 Å². The molecule has 0 bridgehead atoms. The largest absolute Gasteiger partial charge is 0.418 e. The molecule has 0 aliphatic carbocycles. The first kappa shape index (κ1) is 18.6. The number of aromatic nitrogens is 1. The van der Waals surface area contributed by atoms with E-state index in [2.05, 4.69) is 9.88 Å². The first-order chi connectivity index (χ1) is 12.3. The van der Waals surface area contributed by atoms with Gasteiger partial charge < -0.3 is 9.80 Å². The molecule has 1 fully saturated rings. The summed E-state index contributed by atoms with van der Waals surface area (Å²) in [6, 6.07) is 9.67. The van der Waals surface area contributed by atoms with E-state index in [0.29, 0.717) is 32.6 Å². The molecule has 1 saturated heterocycles. The van der Waals surface area contributed by atoms with Gasteiger partial charge in [-0.1, -0.05) is 24.4 Å². The van der Waals surface area contributed by atoms with Gasteiger partial charge in [0, 0.05) is 50.2 Å². The van der Waals surface area contributed by atoms with Crippen LogP contribution in [0, 0.1) is 6.92 Å². The minimum atomic E-state index is -4.35. The smallest absolute Gasteiger partial charge is 0.367 e. The van der Waals surface area contributed by atoms with Crippen LogP contribution in [-0.4, -0.2) is 41.1 Å². The average molecular weight is 379 g/mol. The minimum absolute atomic E-state index is 0.242. The van der Waals surface area contributed by atoms with E-state index in [4.69, 9.17) is 12.2 Å². The predicted octanol–water partition coefficient (Wildman–Crippen LogP) is 4.10. The molecule has 26 heavy (non-hydrogen) atoms. The maximum atomic E-state index is 13.2. The van der Waals surface area contributed by atoms with Crippen molar-refractivity contribution >= 4 is 22.9 Å². The number of pyridine rings is 1. The number of hydrogen-bond acceptors (Lipinski definition) is 3. The lowest BCUT2D eigenvalue weighted by Gasteiger charge is -2.38. The highest BCUT2D eigenvalue weighted by molar-refractivity contribution is 7.80. The Morgan fingerprint density at radius 3 is 2.46 bits per heavy atom. The Morgan fingerprint density at radius 1 is 1.12 bits per heavy atom. The molecule has 0 N–H and O–H groups in total. The van der Waals surface area contributed by atoms with Gasteiger partial charge in [-0.3, -0.25) is 4.98 Å². The van der Waals surface area contributed by atoms with Gasteiger partial charge in [-0.05, 0) is 36.8 Å². The molecular weight excluding hydrogens is 359 g/mol. The fraction of sp³-hybridized carbons (Fsp3) is 0.368. The number of hydrogen-bond donors (Lipinski definition) is 0. The van der Waals surface area contributed by atoms with Crippen LogP contribution in [0.25, 0.3) is 0 Å². The van der Waals surface area contributed by atoms with Crippen molar-refractivity contribution in [2.75, 3.05) is 31.1 Å². The van der Waals surface area contributed by atoms with Crippen LogP contribution in [0.2, 0.25) is 0 Å². The SMILES string of the molecule is Cc1ccnc(CC(=S)N2CCN(c3ccccc3C(F)(F)F)CC2)c1. The summed E-state index contributed by atoms with van der Waals surface area (Å²) in [6.07, 6.45) is -2.00. The zero-order chi connectivity index (χ0) is 18.7. The van der Waals surface area contributed by atoms with Crippen LogP contribution in [0.4, 0.5) is 18.9 Å². The van der Waals surface area contributed by atoms with Gasteiger partial charge in [0.2, 0.25) is 0 Å². The van der Waals surface area contributed by atoms with E-state index >= 15 is 0 Å². The normalized spacial score (nSPS) is 15.2. The molecule has 0 unspecified atom stereocenters. The van der Waals surface area contributed by atoms with Gasteiger partial charge in [-0.2, -0.15) is 13.2 Å².